The predicted molar refractivity (Wildman–Crippen MR) is 88.4 cm³/mol. The Morgan fingerprint density at radius 3 is 2.75 bits per heavy atom. The average Bonchev–Trinajstić information content (AvgIpc) is 2.75. The smallest absolute Gasteiger partial charge is 0.127 e. The molecule has 0 unspecified atom stereocenters. The van der Waals surface area contributed by atoms with Crippen LogP contribution in [0.2, 0.25) is 0 Å². The van der Waals surface area contributed by atoms with Crippen molar-refractivity contribution in [2.75, 3.05) is 5.32 Å². The third kappa shape index (κ3) is 2.69. The van der Waals surface area contributed by atoms with Gasteiger partial charge < -0.3 is 5.32 Å². The number of para-hydroxylation sites is 1. The topological polar surface area (TPSA) is 37.8 Å². The number of aryl methyl sites for hydroxylation is 2. The molecule has 0 aliphatic heterocycles. The summed E-state index contributed by atoms with van der Waals surface area (Å²) in [5, 5.41) is 5.58. The van der Waals surface area contributed by atoms with Crippen LogP contribution in [0.4, 0.5) is 5.82 Å². The number of hydrogen-bond donors (Lipinski definition) is 1. The van der Waals surface area contributed by atoms with E-state index in [1.165, 1.54) is 4.88 Å². The highest BCUT2D eigenvalue weighted by atomic mass is 79.9. The summed E-state index contributed by atoms with van der Waals surface area (Å²) in [6, 6.07) is 10.2. The fraction of sp³-hybridized carbons (Fsp3) is 0.200. The molecule has 5 heteroatoms. The molecule has 2 aromatic heterocycles. The maximum atomic E-state index is 4.64. The number of halogens is 1. The molecular formula is C15H14BrN3S. The molecule has 102 valence electrons. The van der Waals surface area contributed by atoms with E-state index in [0.29, 0.717) is 6.54 Å². The molecular weight excluding hydrogens is 334 g/mol. The number of thiazole rings is 1. The SMILES string of the molecule is Cc1nc(CNc2ccc3cccc(Br)c3n2)c(C)s1. The Morgan fingerprint density at radius 1 is 1.15 bits per heavy atom. The largest absolute Gasteiger partial charge is 0.364 e. The standard InChI is InChI=1S/C15H14BrN3S/c1-9-13(18-10(2)20-9)8-17-14-7-6-11-4-3-5-12(16)15(11)19-14/h3-7H,8H2,1-2H3,(H,17,19). The van der Waals surface area contributed by atoms with Gasteiger partial charge in [-0.05, 0) is 48.0 Å². The highest BCUT2D eigenvalue weighted by molar-refractivity contribution is 9.10. The quantitative estimate of drug-likeness (QED) is 0.747. The van der Waals surface area contributed by atoms with E-state index in [9.17, 15) is 0 Å². The third-order valence-corrected chi connectivity index (χ3v) is 4.68. The highest BCUT2D eigenvalue weighted by Crippen LogP contribution is 2.24. The summed E-state index contributed by atoms with van der Waals surface area (Å²) in [6.07, 6.45) is 0. The van der Waals surface area contributed by atoms with Crippen molar-refractivity contribution in [2.24, 2.45) is 0 Å². The van der Waals surface area contributed by atoms with Gasteiger partial charge in [0.1, 0.15) is 5.82 Å². The van der Waals surface area contributed by atoms with Crippen molar-refractivity contribution in [1.82, 2.24) is 9.97 Å². The zero-order valence-electron chi connectivity index (χ0n) is 11.3. The van der Waals surface area contributed by atoms with E-state index < -0.39 is 0 Å². The number of rotatable bonds is 3. The Hall–Kier alpha value is -1.46. The van der Waals surface area contributed by atoms with Gasteiger partial charge in [0.15, 0.2) is 0 Å². The van der Waals surface area contributed by atoms with Crippen LogP contribution in [0.15, 0.2) is 34.8 Å². The number of fused-ring (bicyclic) bond motifs is 1. The first kappa shape index (κ1) is 13.5. The number of hydrogen-bond acceptors (Lipinski definition) is 4. The molecule has 0 radical (unpaired) electrons. The summed E-state index contributed by atoms with van der Waals surface area (Å²) in [7, 11) is 0. The van der Waals surface area contributed by atoms with Crippen LogP contribution in [0.25, 0.3) is 10.9 Å². The van der Waals surface area contributed by atoms with E-state index in [-0.39, 0.29) is 0 Å². The summed E-state index contributed by atoms with van der Waals surface area (Å²) in [5.74, 6) is 0.870. The normalized spacial score (nSPS) is 10.9. The molecule has 3 rings (SSSR count). The van der Waals surface area contributed by atoms with Gasteiger partial charge in [0.25, 0.3) is 0 Å². The lowest BCUT2D eigenvalue weighted by molar-refractivity contribution is 1.03. The van der Waals surface area contributed by atoms with E-state index in [1.54, 1.807) is 11.3 Å². The molecule has 0 spiro atoms. The Morgan fingerprint density at radius 2 is 2.00 bits per heavy atom. The van der Waals surface area contributed by atoms with Crippen LogP contribution in [0.3, 0.4) is 0 Å². The van der Waals surface area contributed by atoms with Gasteiger partial charge in [-0.2, -0.15) is 0 Å². The fourth-order valence-electron chi connectivity index (χ4n) is 2.12. The zero-order valence-corrected chi connectivity index (χ0v) is 13.7. The van der Waals surface area contributed by atoms with E-state index in [2.05, 4.69) is 50.3 Å². The van der Waals surface area contributed by atoms with Gasteiger partial charge in [-0.15, -0.1) is 11.3 Å². The maximum Gasteiger partial charge on any atom is 0.127 e. The first-order chi connectivity index (χ1) is 9.63. The van der Waals surface area contributed by atoms with Crippen molar-refractivity contribution in [1.29, 1.82) is 0 Å². The van der Waals surface area contributed by atoms with Gasteiger partial charge in [-0.3, -0.25) is 0 Å². The summed E-state index contributed by atoms with van der Waals surface area (Å²) >= 11 is 5.27. The molecule has 0 amide bonds. The number of benzene rings is 1. The summed E-state index contributed by atoms with van der Waals surface area (Å²) in [5.41, 5.74) is 2.07. The number of aromatic nitrogens is 2. The molecule has 0 aliphatic rings. The monoisotopic (exact) mass is 347 g/mol. The van der Waals surface area contributed by atoms with Crippen molar-refractivity contribution >= 4 is 44.0 Å². The lowest BCUT2D eigenvalue weighted by Crippen LogP contribution is -2.03. The number of pyridine rings is 1. The Bertz CT molecular complexity index is 767. The van der Waals surface area contributed by atoms with Crippen LogP contribution in [-0.4, -0.2) is 9.97 Å². The van der Waals surface area contributed by atoms with Gasteiger partial charge in [-0.1, -0.05) is 12.1 Å². The Labute approximate surface area is 130 Å². The second-order valence-electron chi connectivity index (χ2n) is 4.60. The molecule has 0 fully saturated rings. The van der Waals surface area contributed by atoms with Crippen molar-refractivity contribution in [3.8, 4) is 0 Å². The second-order valence-corrected chi connectivity index (χ2v) is 6.86. The summed E-state index contributed by atoms with van der Waals surface area (Å²) in [4.78, 5) is 10.4. The first-order valence-corrected chi connectivity index (χ1v) is 7.96. The summed E-state index contributed by atoms with van der Waals surface area (Å²) < 4.78 is 1.01. The van der Waals surface area contributed by atoms with Crippen LogP contribution in [-0.2, 0) is 6.54 Å². The highest BCUT2D eigenvalue weighted by Gasteiger charge is 2.06. The molecule has 0 saturated heterocycles. The van der Waals surface area contributed by atoms with Crippen LogP contribution in [0.5, 0.6) is 0 Å². The fourth-order valence-corrected chi connectivity index (χ4v) is 3.42. The van der Waals surface area contributed by atoms with Crippen molar-refractivity contribution in [2.45, 2.75) is 20.4 Å². The lowest BCUT2D eigenvalue weighted by atomic mass is 10.2. The van der Waals surface area contributed by atoms with Crippen molar-refractivity contribution in [3.63, 3.8) is 0 Å². The molecule has 20 heavy (non-hydrogen) atoms. The van der Waals surface area contributed by atoms with Crippen LogP contribution in [0.1, 0.15) is 15.6 Å². The van der Waals surface area contributed by atoms with E-state index in [1.807, 2.05) is 25.1 Å². The molecule has 1 aromatic carbocycles. The molecule has 3 aromatic rings. The minimum atomic E-state index is 0.707. The number of nitrogens with zero attached hydrogens (tertiary/aromatic N) is 2. The van der Waals surface area contributed by atoms with Crippen LogP contribution in [0, 0.1) is 13.8 Å². The van der Waals surface area contributed by atoms with Crippen LogP contribution >= 0.6 is 27.3 Å². The van der Waals surface area contributed by atoms with Gasteiger partial charge in [0, 0.05) is 14.7 Å². The molecule has 0 aliphatic carbocycles. The Kier molecular flexibility index (Phi) is 3.72. The molecule has 3 nitrogen and oxygen atoms in total. The second kappa shape index (κ2) is 5.50. The minimum absolute atomic E-state index is 0.707. The van der Waals surface area contributed by atoms with Crippen LogP contribution < -0.4 is 5.32 Å². The maximum absolute atomic E-state index is 4.64. The number of anilines is 1. The number of nitrogens with one attached hydrogen (secondary N) is 1. The van der Waals surface area contributed by atoms with E-state index in [4.69, 9.17) is 0 Å². The molecule has 0 bridgehead atoms. The molecule has 0 atom stereocenters. The minimum Gasteiger partial charge on any atom is -0.364 e. The van der Waals surface area contributed by atoms with E-state index >= 15 is 0 Å². The third-order valence-electron chi connectivity index (χ3n) is 3.11. The lowest BCUT2D eigenvalue weighted by Gasteiger charge is -2.06. The predicted octanol–water partition coefficient (Wildman–Crippen LogP) is 4.68. The Balaban J connectivity index is 1.84. The first-order valence-electron chi connectivity index (χ1n) is 6.35. The average molecular weight is 348 g/mol. The van der Waals surface area contributed by atoms with Gasteiger partial charge in [0.2, 0.25) is 0 Å². The van der Waals surface area contributed by atoms with E-state index in [0.717, 1.165) is 31.9 Å². The van der Waals surface area contributed by atoms with Gasteiger partial charge in [0.05, 0.1) is 22.8 Å². The summed E-state index contributed by atoms with van der Waals surface area (Å²) in [6.45, 7) is 4.85. The molecule has 0 saturated carbocycles. The molecule has 1 N–H and O–H groups in total. The zero-order chi connectivity index (χ0) is 14.1. The van der Waals surface area contributed by atoms with Gasteiger partial charge >= 0.3 is 0 Å². The molecule has 2 heterocycles. The van der Waals surface area contributed by atoms with Crippen molar-refractivity contribution < 1.29 is 0 Å². The van der Waals surface area contributed by atoms with Crippen molar-refractivity contribution in [3.05, 3.63) is 50.4 Å². The van der Waals surface area contributed by atoms with Gasteiger partial charge in [-0.25, -0.2) is 9.97 Å².